The quantitative estimate of drug-likeness (QED) is 0.0657. The summed E-state index contributed by atoms with van der Waals surface area (Å²) in [5.74, 6) is 1.69. The summed E-state index contributed by atoms with van der Waals surface area (Å²) < 4.78 is 18.9. The van der Waals surface area contributed by atoms with E-state index >= 15 is 0 Å². The highest BCUT2D eigenvalue weighted by molar-refractivity contribution is 7.94. The van der Waals surface area contributed by atoms with Crippen LogP contribution >= 0.6 is 35.2 Å². The Morgan fingerprint density at radius 1 is 0.804 bits per heavy atom. The maximum atomic E-state index is 12.6. The van der Waals surface area contributed by atoms with Crippen LogP contribution < -0.4 is 25.9 Å². The van der Waals surface area contributed by atoms with Crippen LogP contribution in [-0.2, 0) is 23.3 Å². The lowest BCUT2D eigenvalue weighted by Crippen LogP contribution is -2.39. The zero-order valence-corrected chi connectivity index (χ0v) is 30.6. The summed E-state index contributed by atoms with van der Waals surface area (Å²) >= 11 is 12.6. The number of benzene rings is 2. The highest BCUT2D eigenvalue weighted by Crippen LogP contribution is 2.26. The number of rotatable bonds is 10. The zero-order chi connectivity index (χ0) is 36.9. The number of aromatic nitrogens is 6. The first kappa shape index (κ1) is 37.5. The molecule has 0 radical (unpaired) electrons. The molecular weight excluding hydrogens is 721 g/mol. The summed E-state index contributed by atoms with van der Waals surface area (Å²) in [5.41, 5.74) is -0.664. The van der Waals surface area contributed by atoms with Gasteiger partial charge in [0.25, 0.3) is 11.1 Å². The van der Waals surface area contributed by atoms with E-state index in [-0.39, 0.29) is 28.7 Å². The lowest BCUT2D eigenvalue weighted by atomic mass is 10.0. The molecule has 0 aliphatic rings. The van der Waals surface area contributed by atoms with Gasteiger partial charge in [-0.3, -0.25) is 18.7 Å². The number of aryl methyl sites for hydroxylation is 2. The molecule has 0 fully saturated rings. The van der Waals surface area contributed by atoms with E-state index in [0.29, 0.717) is 54.7 Å². The molecule has 6 rings (SSSR count). The Kier molecular flexibility index (Phi) is 11.8. The summed E-state index contributed by atoms with van der Waals surface area (Å²) in [6.45, 7) is 5.22. The van der Waals surface area contributed by atoms with E-state index in [0.717, 1.165) is 12.0 Å². The number of hydrogen-bond acceptors (Lipinski definition) is 13. The molecule has 0 spiro atoms. The summed E-state index contributed by atoms with van der Waals surface area (Å²) in [7, 11) is 4.61. The smallest absolute Gasteiger partial charge is 0.294 e. The maximum Gasteiger partial charge on any atom is 0.294 e. The second kappa shape index (κ2) is 16.1. The standard InChI is InChI=1S/C19H21ClN4O3.C15H12ClN3O4S/c1-11(19(2,3)26)22-18-21-10-12-9-15(17(25)24(4)16(12)23-18)27-14-7-5-13(20)6-8-14;1-19-13-9(8-17-15(18-13)24-23-21-2)7-12(14(19)20)22-11-5-3-10(16)4-6-11/h5-11,26H,1-4H3,(H,21,22,23);3-8H,1-2H3/t11-;/m0./s1. The first-order chi connectivity index (χ1) is 24.2. The van der Waals surface area contributed by atoms with Gasteiger partial charge in [0.1, 0.15) is 34.8 Å². The van der Waals surface area contributed by atoms with Gasteiger partial charge in [-0.2, -0.15) is 9.32 Å². The van der Waals surface area contributed by atoms with E-state index < -0.39 is 5.60 Å². The number of anilines is 1. The lowest BCUT2D eigenvalue weighted by Gasteiger charge is -2.26. The van der Waals surface area contributed by atoms with Crippen molar-refractivity contribution in [3.63, 3.8) is 0 Å². The molecule has 2 aromatic carbocycles. The van der Waals surface area contributed by atoms with Gasteiger partial charge in [0.2, 0.25) is 11.1 Å². The van der Waals surface area contributed by atoms with Crippen LogP contribution in [0.1, 0.15) is 20.8 Å². The van der Waals surface area contributed by atoms with E-state index in [2.05, 4.69) is 30.1 Å². The third-order valence-corrected chi connectivity index (χ3v) is 8.53. The van der Waals surface area contributed by atoms with Gasteiger partial charge in [-0.15, -0.1) is 0 Å². The van der Waals surface area contributed by atoms with Gasteiger partial charge >= 0.3 is 0 Å². The Hall–Kier alpha value is -4.77. The fourth-order valence-corrected chi connectivity index (χ4v) is 4.97. The number of halogens is 2. The second-order valence-corrected chi connectivity index (χ2v) is 13.1. The van der Waals surface area contributed by atoms with Crippen LogP contribution in [0.3, 0.4) is 0 Å². The molecule has 0 bridgehead atoms. The van der Waals surface area contributed by atoms with Gasteiger partial charge in [0, 0.05) is 47.3 Å². The number of nitrogens with zero attached hydrogens (tertiary/aromatic N) is 6. The second-order valence-electron chi connectivity index (χ2n) is 11.6. The van der Waals surface area contributed by atoms with Crippen LogP contribution in [0.4, 0.5) is 5.95 Å². The summed E-state index contributed by atoms with van der Waals surface area (Å²) in [5, 5.41) is 15.9. The molecule has 0 unspecified atom stereocenters. The van der Waals surface area contributed by atoms with Crippen LogP contribution in [0.25, 0.3) is 22.1 Å². The first-order valence-electron chi connectivity index (χ1n) is 15.2. The number of hydrogen-bond donors (Lipinski definition) is 2. The van der Waals surface area contributed by atoms with Crippen LogP contribution in [-0.4, -0.2) is 52.9 Å². The number of nitrogens with one attached hydrogen (secondary N) is 1. The third kappa shape index (κ3) is 9.32. The van der Waals surface area contributed by atoms with Crippen LogP contribution in [0.2, 0.25) is 10.0 Å². The number of fused-ring (bicyclic) bond motifs is 2. The molecule has 0 saturated carbocycles. The fraction of sp³-hybridized carbons (Fsp3) is 0.235. The molecule has 6 aromatic rings. The first-order valence-corrected chi connectivity index (χ1v) is 16.7. The van der Waals surface area contributed by atoms with E-state index in [4.69, 9.17) is 37.0 Å². The van der Waals surface area contributed by atoms with E-state index in [1.54, 1.807) is 101 Å². The van der Waals surface area contributed by atoms with E-state index in [1.165, 1.54) is 16.2 Å². The van der Waals surface area contributed by atoms with E-state index in [9.17, 15) is 14.7 Å². The van der Waals surface area contributed by atoms with Gasteiger partial charge < -0.3 is 19.9 Å². The van der Waals surface area contributed by atoms with Crippen molar-refractivity contribution < 1.29 is 23.8 Å². The summed E-state index contributed by atoms with van der Waals surface area (Å²) in [4.78, 5) is 46.7. The molecule has 51 heavy (non-hydrogen) atoms. The third-order valence-electron chi connectivity index (χ3n) is 7.47. The Morgan fingerprint density at radius 2 is 1.27 bits per heavy atom. The molecule has 1 atom stereocenters. The highest BCUT2D eigenvalue weighted by Gasteiger charge is 2.23. The summed E-state index contributed by atoms with van der Waals surface area (Å²) in [6, 6.07) is 16.4. The monoisotopic (exact) mass is 753 g/mol. The van der Waals surface area contributed by atoms with Crippen LogP contribution in [0, 0.1) is 0 Å². The average Bonchev–Trinajstić information content (AvgIpc) is 3.10. The molecule has 14 nitrogen and oxygen atoms in total. The van der Waals surface area contributed by atoms with Crippen molar-refractivity contribution in [3.05, 3.63) is 104 Å². The molecule has 0 amide bonds. The molecule has 17 heteroatoms. The Labute approximate surface area is 306 Å². The maximum absolute atomic E-state index is 12.6. The Bertz CT molecular complexity index is 2280. The van der Waals surface area contributed by atoms with Crippen molar-refractivity contribution in [1.82, 2.24) is 29.1 Å². The van der Waals surface area contributed by atoms with Crippen molar-refractivity contribution in [1.29, 1.82) is 0 Å². The van der Waals surface area contributed by atoms with Crippen LogP contribution in [0.15, 0.2) is 87.8 Å². The highest BCUT2D eigenvalue weighted by atomic mass is 35.5. The van der Waals surface area contributed by atoms with E-state index in [1.807, 2.05) is 6.92 Å². The topological polar surface area (TPSA) is 165 Å². The largest absolute Gasteiger partial charge is 0.452 e. The SMILES string of the molecule is COOSc1ncc2cc(Oc3ccc(Cl)cc3)c(=O)n(C)c2n1.C[C@H](Nc1ncc2cc(Oc3ccc(Cl)cc3)c(=O)n(C)c2n1)C(C)(C)O. The van der Waals surface area contributed by atoms with Gasteiger partial charge in [-0.1, -0.05) is 23.2 Å². The van der Waals surface area contributed by atoms with Crippen molar-refractivity contribution in [2.24, 2.45) is 14.1 Å². The minimum Gasteiger partial charge on any atom is -0.452 e. The molecule has 2 N–H and O–H groups in total. The fourth-order valence-electron chi connectivity index (χ4n) is 4.37. The average molecular weight is 755 g/mol. The molecular formula is C34H33Cl2N7O7S. The lowest BCUT2D eigenvalue weighted by molar-refractivity contribution is -0.160. The molecule has 0 aliphatic carbocycles. The Balaban J connectivity index is 0.000000199. The van der Waals surface area contributed by atoms with Gasteiger partial charge in [-0.05, 0) is 81.4 Å². The predicted molar refractivity (Wildman–Crippen MR) is 196 cm³/mol. The molecule has 266 valence electrons. The zero-order valence-electron chi connectivity index (χ0n) is 28.2. The minimum absolute atomic E-state index is 0.168. The van der Waals surface area contributed by atoms with Gasteiger partial charge in [0.05, 0.1) is 18.8 Å². The van der Waals surface area contributed by atoms with Crippen molar-refractivity contribution in [2.45, 2.75) is 37.6 Å². The predicted octanol–water partition coefficient (Wildman–Crippen LogP) is 6.70. The molecule has 4 heterocycles. The number of pyridine rings is 2. The number of ether oxygens (including phenoxy) is 2. The minimum atomic E-state index is -0.944. The van der Waals surface area contributed by atoms with Crippen molar-refractivity contribution in [2.75, 3.05) is 12.4 Å². The molecule has 0 saturated heterocycles. The van der Waals surface area contributed by atoms with Crippen molar-refractivity contribution in [3.8, 4) is 23.0 Å². The molecule has 0 aliphatic heterocycles. The molecule has 4 aromatic heterocycles. The van der Waals surface area contributed by atoms with Crippen molar-refractivity contribution >= 4 is 63.3 Å². The van der Waals surface area contributed by atoms with Gasteiger partial charge in [-0.25, -0.2) is 19.8 Å². The number of aliphatic hydroxyl groups is 1. The summed E-state index contributed by atoms with van der Waals surface area (Å²) in [6.07, 6.45) is 3.19. The van der Waals surface area contributed by atoms with Crippen LogP contribution in [0.5, 0.6) is 23.0 Å². The normalized spacial score (nSPS) is 11.9. The van der Waals surface area contributed by atoms with Gasteiger partial charge in [0.15, 0.2) is 11.5 Å². The Morgan fingerprint density at radius 3 is 1.75 bits per heavy atom.